The van der Waals surface area contributed by atoms with Gasteiger partial charge in [-0.2, -0.15) is 4.98 Å². The summed E-state index contributed by atoms with van der Waals surface area (Å²) in [6.07, 6.45) is 0.937. The first kappa shape index (κ1) is 23.8. The molecule has 10 heteroatoms. The molecule has 0 radical (unpaired) electrons. The lowest BCUT2D eigenvalue weighted by molar-refractivity contribution is -0.137. The molecule has 0 aliphatic carbocycles. The van der Waals surface area contributed by atoms with Crippen LogP contribution in [0, 0.1) is 5.82 Å². The summed E-state index contributed by atoms with van der Waals surface area (Å²) in [5, 5.41) is 9.82. The Morgan fingerprint density at radius 1 is 1.14 bits per heavy atom. The molecule has 9 nitrogen and oxygen atoms in total. The standard InChI is InChI=1S/C25H24FN5O4/c1-3-34-25(33)22-15(2)27-18-7-4-5-8-19(18)28-24(22)29-20(32)9-6-10-21-30-23(31-35-21)16-11-13-17(26)14-12-16/h4-5,7-8,11-14,27H,3,6,9-10H2,1-2H3,(H,28,29,32). The van der Waals surface area contributed by atoms with Gasteiger partial charge in [0.25, 0.3) is 0 Å². The normalized spacial score (nSPS) is 12.8. The molecule has 0 atom stereocenters. The number of aromatic nitrogens is 2. The van der Waals surface area contributed by atoms with Crippen molar-refractivity contribution in [2.45, 2.75) is 33.1 Å². The number of aryl methyl sites for hydroxylation is 1. The second-order valence-electron chi connectivity index (χ2n) is 7.74. The highest BCUT2D eigenvalue weighted by Crippen LogP contribution is 2.30. The zero-order valence-corrected chi connectivity index (χ0v) is 19.3. The number of rotatable bonds is 7. The maximum absolute atomic E-state index is 13.1. The van der Waals surface area contributed by atoms with Crippen molar-refractivity contribution in [2.75, 3.05) is 11.9 Å². The number of amides is 1. The van der Waals surface area contributed by atoms with E-state index in [1.54, 1.807) is 32.0 Å². The maximum Gasteiger partial charge on any atom is 0.343 e. The summed E-state index contributed by atoms with van der Waals surface area (Å²) < 4.78 is 23.5. The molecule has 2 N–H and O–H groups in total. The number of allylic oxidation sites excluding steroid dienone is 1. The molecule has 1 aliphatic heterocycles. The summed E-state index contributed by atoms with van der Waals surface area (Å²) in [6.45, 7) is 3.62. The lowest BCUT2D eigenvalue weighted by Gasteiger charge is -2.13. The Labute approximate surface area is 201 Å². The van der Waals surface area contributed by atoms with Crippen molar-refractivity contribution in [3.8, 4) is 11.4 Å². The van der Waals surface area contributed by atoms with Crippen LogP contribution in [0.25, 0.3) is 11.4 Å². The van der Waals surface area contributed by atoms with Crippen molar-refractivity contribution in [1.82, 2.24) is 15.5 Å². The fraction of sp³-hybridized carbons (Fsp3) is 0.240. The molecule has 0 unspecified atom stereocenters. The van der Waals surface area contributed by atoms with E-state index in [-0.39, 0.29) is 36.2 Å². The van der Waals surface area contributed by atoms with Crippen molar-refractivity contribution in [3.05, 3.63) is 71.5 Å². The van der Waals surface area contributed by atoms with E-state index in [0.29, 0.717) is 47.2 Å². The number of halogens is 1. The van der Waals surface area contributed by atoms with Crippen LogP contribution < -0.4 is 10.6 Å². The van der Waals surface area contributed by atoms with Crippen LogP contribution in [0.15, 0.2) is 69.3 Å². The molecule has 0 saturated carbocycles. The summed E-state index contributed by atoms with van der Waals surface area (Å²) in [4.78, 5) is 34.2. The van der Waals surface area contributed by atoms with Crippen LogP contribution in [0.1, 0.15) is 32.6 Å². The number of para-hydroxylation sites is 2. The highest BCUT2D eigenvalue weighted by Gasteiger charge is 2.26. The van der Waals surface area contributed by atoms with Gasteiger partial charge in [-0.1, -0.05) is 17.3 Å². The Balaban J connectivity index is 1.42. The van der Waals surface area contributed by atoms with Gasteiger partial charge in [-0.15, -0.1) is 0 Å². The minimum absolute atomic E-state index is 0.125. The average molecular weight is 477 g/mol. The molecular weight excluding hydrogens is 453 g/mol. The number of ether oxygens (including phenoxy) is 1. The fourth-order valence-electron chi connectivity index (χ4n) is 3.51. The van der Waals surface area contributed by atoms with E-state index in [1.165, 1.54) is 12.1 Å². The Kier molecular flexibility index (Phi) is 7.30. The molecule has 4 rings (SSSR count). The van der Waals surface area contributed by atoms with Gasteiger partial charge in [0.1, 0.15) is 17.2 Å². The van der Waals surface area contributed by atoms with Crippen molar-refractivity contribution in [2.24, 2.45) is 4.99 Å². The Morgan fingerprint density at radius 3 is 2.69 bits per heavy atom. The number of hydrogen-bond donors (Lipinski definition) is 2. The van der Waals surface area contributed by atoms with E-state index in [2.05, 4.69) is 25.8 Å². The van der Waals surface area contributed by atoms with Gasteiger partial charge >= 0.3 is 5.97 Å². The molecule has 3 aromatic rings. The van der Waals surface area contributed by atoms with Gasteiger partial charge in [-0.25, -0.2) is 14.2 Å². The zero-order valence-electron chi connectivity index (χ0n) is 19.3. The molecule has 1 amide bonds. The van der Waals surface area contributed by atoms with Gasteiger partial charge in [-0.3, -0.25) is 4.79 Å². The SMILES string of the molecule is CCOC(=O)C1=C(C)Nc2ccccc2N=C1NC(=O)CCCc1nc(-c2ccc(F)cc2)no1. The summed E-state index contributed by atoms with van der Waals surface area (Å²) in [6, 6.07) is 13.1. The molecule has 35 heavy (non-hydrogen) atoms. The number of amidine groups is 1. The van der Waals surface area contributed by atoms with Crippen LogP contribution in [-0.2, 0) is 20.7 Å². The van der Waals surface area contributed by atoms with Crippen LogP contribution in [0.3, 0.4) is 0 Å². The first-order valence-corrected chi connectivity index (χ1v) is 11.2. The first-order valence-electron chi connectivity index (χ1n) is 11.2. The van der Waals surface area contributed by atoms with Gasteiger partial charge in [-0.05, 0) is 56.7 Å². The molecule has 0 spiro atoms. The van der Waals surface area contributed by atoms with Crippen molar-refractivity contribution >= 4 is 29.1 Å². The Bertz CT molecular complexity index is 1300. The lowest BCUT2D eigenvalue weighted by Crippen LogP contribution is -2.35. The number of anilines is 1. The highest BCUT2D eigenvalue weighted by molar-refractivity contribution is 6.24. The molecule has 0 saturated heterocycles. The molecule has 0 bridgehead atoms. The predicted octanol–water partition coefficient (Wildman–Crippen LogP) is 4.31. The number of fused-ring (bicyclic) bond motifs is 1. The van der Waals surface area contributed by atoms with E-state index in [1.807, 2.05) is 18.2 Å². The van der Waals surface area contributed by atoms with Crippen LogP contribution in [0.5, 0.6) is 0 Å². The number of hydrogen-bond acceptors (Lipinski definition) is 8. The Hall–Kier alpha value is -4.34. The number of carbonyl (C=O) groups is 2. The second-order valence-corrected chi connectivity index (χ2v) is 7.74. The first-order chi connectivity index (χ1) is 16.9. The van der Waals surface area contributed by atoms with Crippen molar-refractivity contribution < 1.29 is 23.2 Å². The summed E-state index contributed by atoms with van der Waals surface area (Å²) >= 11 is 0. The van der Waals surface area contributed by atoms with Crippen LogP contribution >= 0.6 is 0 Å². The number of aliphatic imine (C=N–C) groups is 1. The monoisotopic (exact) mass is 477 g/mol. The quantitative estimate of drug-likeness (QED) is 0.487. The van der Waals surface area contributed by atoms with Gasteiger partial charge in [0.15, 0.2) is 0 Å². The smallest absolute Gasteiger partial charge is 0.343 e. The van der Waals surface area contributed by atoms with E-state index in [0.717, 1.165) is 0 Å². The molecule has 1 aliphatic rings. The van der Waals surface area contributed by atoms with Crippen molar-refractivity contribution in [3.63, 3.8) is 0 Å². The van der Waals surface area contributed by atoms with E-state index < -0.39 is 5.97 Å². The summed E-state index contributed by atoms with van der Waals surface area (Å²) in [5.41, 5.74) is 2.61. The number of esters is 1. The largest absolute Gasteiger partial charge is 0.462 e. The maximum atomic E-state index is 13.1. The zero-order chi connectivity index (χ0) is 24.8. The van der Waals surface area contributed by atoms with Gasteiger partial charge in [0.2, 0.25) is 17.6 Å². The average Bonchev–Trinajstić information content (AvgIpc) is 3.24. The van der Waals surface area contributed by atoms with Gasteiger partial charge < -0.3 is 19.9 Å². The number of nitrogens with one attached hydrogen (secondary N) is 2. The highest BCUT2D eigenvalue weighted by atomic mass is 19.1. The fourth-order valence-corrected chi connectivity index (χ4v) is 3.51. The number of benzene rings is 2. The van der Waals surface area contributed by atoms with E-state index in [4.69, 9.17) is 9.26 Å². The van der Waals surface area contributed by atoms with Crippen molar-refractivity contribution in [1.29, 1.82) is 0 Å². The summed E-state index contributed by atoms with van der Waals surface area (Å²) in [5.74, 6) is -0.412. The van der Waals surface area contributed by atoms with Gasteiger partial charge in [0, 0.05) is 24.1 Å². The van der Waals surface area contributed by atoms with Crippen LogP contribution in [-0.4, -0.2) is 34.5 Å². The minimum atomic E-state index is -0.580. The molecule has 180 valence electrons. The third-order valence-corrected chi connectivity index (χ3v) is 5.17. The van der Waals surface area contributed by atoms with E-state index >= 15 is 0 Å². The molecular formula is C25H24FN5O4. The second kappa shape index (κ2) is 10.7. The Morgan fingerprint density at radius 2 is 1.91 bits per heavy atom. The third kappa shape index (κ3) is 5.78. The minimum Gasteiger partial charge on any atom is -0.462 e. The number of carbonyl (C=O) groups excluding carboxylic acids is 2. The molecule has 2 heterocycles. The van der Waals surface area contributed by atoms with Crippen LogP contribution in [0.4, 0.5) is 15.8 Å². The van der Waals surface area contributed by atoms with Crippen LogP contribution in [0.2, 0.25) is 0 Å². The molecule has 1 aromatic heterocycles. The summed E-state index contributed by atoms with van der Waals surface area (Å²) in [7, 11) is 0. The lowest BCUT2D eigenvalue weighted by atomic mass is 10.1. The molecule has 2 aromatic carbocycles. The predicted molar refractivity (Wildman–Crippen MR) is 127 cm³/mol. The number of nitrogens with zero attached hydrogens (tertiary/aromatic N) is 3. The van der Waals surface area contributed by atoms with Gasteiger partial charge in [0.05, 0.1) is 18.0 Å². The third-order valence-electron chi connectivity index (χ3n) is 5.17. The topological polar surface area (TPSA) is 119 Å². The molecule has 0 fully saturated rings. The van der Waals surface area contributed by atoms with E-state index in [9.17, 15) is 14.0 Å².